The van der Waals surface area contributed by atoms with Crippen LogP contribution >= 0.6 is 0 Å². The first-order valence-corrected chi connectivity index (χ1v) is 11.4. The van der Waals surface area contributed by atoms with Gasteiger partial charge in [-0.25, -0.2) is 14.5 Å². The molecule has 0 aliphatic rings. The van der Waals surface area contributed by atoms with Crippen molar-refractivity contribution in [2.24, 2.45) is 0 Å². The van der Waals surface area contributed by atoms with Crippen LogP contribution in [0.5, 0.6) is 0 Å². The molecule has 0 spiro atoms. The van der Waals surface area contributed by atoms with E-state index in [1.165, 1.54) is 16.8 Å². The zero-order valence-corrected chi connectivity index (χ0v) is 20.3. The van der Waals surface area contributed by atoms with Crippen LogP contribution in [-0.4, -0.2) is 30.1 Å². The van der Waals surface area contributed by atoms with Crippen molar-refractivity contribution in [2.45, 2.75) is 19.3 Å². The summed E-state index contributed by atoms with van der Waals surface area (Å²) in [6.45, 7) is 1.78. The Morgan fingerprint density at radius 2 is 1.75 bits per heavy atom. The lowest BCUT2D eigenvalue weighted by Gasteiger charge is -2.14. The molecule has 0 aliphatic carbocycles. The molecule has 7 nitrogen and oxygen atoms in total. The van der Waals surface area contributed by atoms with Crippen LogP contribution in [0.15, 0.2) is 73.4 Å². The Hall–Kier alpha value is -5.12. The summed E-state index contributed by atoms with van der Waals surface area (Å²) < 4.78 is 82.1. The molecule has 0 saturated heterocycles. The molecule has 2 aromatic carbocycles. The number of anilines is 1. The molecule has 40 heavy (non-hydrogen) atoms. The van der Waals surface area contributed by atoms with E-state index in [9.17, 15) is 31.1 Å². The van der Waals surface area contributed by atoms with E-state index in [1.54, 1.807) is 37.4 Å². The van der Waals surface area contributed by atoms with Gasteiger partial charge in [-0.15, -0.1) is 0 Å². The Morgan fingerprint density at radius 3 is 2.48 bits per heavy atom. The van der Waals surface area contributed by atoms with Gasteiger partial charge >= 0.3 is 12.4 Å². The number of aryl methyl sites for hydroxylation is 1. The number of hydrogen-bond donors (Lipinski definition) is 1. The first kappa shape index (κ1) is 26.5. The van der Waals surface area contributed by atoms with Gasteiger partial charge < -0.3 is 9.88 Å². The van der Waals surface area contributed by atoms with E-state index in [0.717, 1.165) is 22.5 Å². The highest BCUT2D eigenvalue weighted by Crippen LogP contribution is 2.34. The van der Waals surface area contributed by atoms with Crippen LogP contribution in [0, 0.1) is 18.8 Å². The molecule has 0 atom stereocenters. The predicted octanol–water partition coefficient (Wildman–Crippen LogP) is 5.91. The third-order valence-corrected chi connectivity index (χ3v) is 5.70. The largest absolute Gasteiger partial charge is 0.434 e. The zero-order chi connectivity index (χ0) is 28.7. The Bertz CT molecular complexity index is 1810. The fourth-order valence-corrected chi connectivity index (χ4v) is 3.81. The summed E-state index contributed by atoms with van der Waals surface area (Å²) in [5.41, 5.74) is -0.870. The van der Waals surface area contributed by atoms with Gasteiger partial charge in [0, 0.05) is 29.3 Å². The van der Waals surface area contributed by atoms with E-state index in [-0.39, 0.29) is 16.9 Å². The molecule has 3 aromatic heterocycles. The smallest absolute Gasteiger partial charge is 0.322 e. The Labute approximate surface area is 222 Å². The van der Waals surface area contributed by atoms with Gasteiger partial charge in [-0.2, -0.15) is 31.4 Å². The fraction of sp³-hybridized carbons (Fsp3) is 0.111. The molecule has 0 saturated carbocycles. The topological polar surface area (TPSA) is 77.1 Å². The standard InChI is InChI=1S/C27H16F6N6O/c1-16-4-7-22(17(9-16)5-6-20-13-34-24-3-2-8-36-39(20)24)25(40)37-19-10-18(26(28,29)30)11-21(12-19)38-14-23(35-15-38)27(31,32)33/h2-4,7-15H,1H3,(H,37,40). The maximum Gasteiger partial charge on any atom is 0.434 e. The minimum Gasteiger partial charge on any atom is -0.322 e. The molecule has 1 N–H and O–H groups in total. The lowest BCUT2D eigenvalue weighted by atomic mass is 10.0. The SMILES string of the molecule is Cc1ccc(C(=O)Nc2cc(-n3cnc(C(F)(F)F)c3)cc(C(F)(F)F)c2)c(C#Cc2cnc3cccnn23)c1. The Kier molecular flexibility index (Phi) is 6.54. The number of amides is 1. The number of aromatic nitrogens is 5. The minimum absolute atomic E-state index is 0.0702. The molecule has 5 aromatic rings. The quantitative estimate of drug-likeness (QED) is 0.222. The van der Waals surface area contributed by atoms with E-state index in [2.05, 4.69) is 32.2 Å². The average Bonchev–Trinajstić information content (AvgIpc) is 3.55. The van der Waals surface area contributed by atoms with Crippen molar-refractivity contribution in [1.29, 1.82) is 0 Å². The number of nitrogens with one attached hydrogen (secondary N) is 1. The number of fused-ring (bicyclic) bond motifs is 1. The van der Waals surface area contributed by atoms with Crippen molar-refractivity contribution >= 4 is 17.2 Å². The summed E-state index contributed by atoms with van der Waals surface area (Å²) in [7, 11) is 0. The first-order valence-electron chi connectivity index (χ1n) is 11.4. The zero-order valence-electron chi connectivity index (χ0n) is 20.3. The second-order valence-corrected chi connectivity index (χ2v) is 8.62. The van der Waals surface area contributed by atoms with Crippen molar-refractivity contribution in [3.63, 3.8) is 0 Å². The van der Waals surface area contributed by atoms with E-state index in [1.807, 2.05) is 0 Å². The summed E-state index contributed by atoms with van der Waals surface area (Å²) in [5.74, 6) is 5.03. The number of benzene rings is 2. The molecule has 3 heterocycles. The first-order chi connectivity index (χ1) is 18.9. The Morgan fingerprint density at radius 1 is 0.950 bits per heavy atom. The van der Waals surface area contributed by atoms with Crippen molar-refractivity contribution in [3.05, 3.63) is 107 Å². The van der Waals surface area contributed by atoms with E-state index in [4.69, 9.17) is 0 Å². The van der Waals surface area contributed by atoms with Crippen LogP contribution in [-0.2, 0) is 12.4 Å². The maximum atomic E-state index is 13.6. The lowest BCUT2D eigenvalue weighted by Crippen LogP contribution is -2.15. The van der Waals surface area contributed by atoms with Crippen molar-refractivity contribution in [2.75, 3.05) is 5.32 Å². The number of imidazole rings is 2. The van der Waals surface area contributed by atoms with Crippen LogP contribution in [0.2, 0.25) is 0 Å². The normalized spacial score (nSPS) is 11.8. The second kappa shape index (κ2) is 9.88. The molecule has 0 aliphatic heterocycles. The summed E-state index contributed by atoms with van der Waals surface area (Å²) in [5, 5.41) is 6.58. The van der Waals surface area contributed by atoms with Gasteiger partial charge in [0.15, 0.2) is 11.3 Å². The highest BCUT2D eigenvalue weighted by atomic mass is 19.4. The number of carbonyl (C=O) groups excluding carboxylic acids is 1. The summed E-state index contributed by atoms with van der Waals surface area (Å²) in [6.07, 6.45) is -5.26. The minimum atomic E-state index is -4.84. The van der Waals surface area contributed by atoms with Gasteiger partial charge in [0.2, 0.25) is 0 Å². The number of nitrogens with zero attached hydrogens (tertiary/aromatic N) is 5. The molecule has 1 amide bonds. The summed E-state index contributed by atoms with van der Waals surface area (Å²) in [4.78, 5) is 20.6. The third-order valence-electron chi connectivity index (χ3n) is 5.70. The molecule has 0 radical (unpaired) electrons. The molecule has 13 heteroatoms. The fourth-order valence-electron chi connectivity index (χ4n) is 3.81. The lowest BCUT2D eigenvalue weighted by molar-refractivity contribution is -0.141. The van der Waals surface area contributed by atoms with Gasteiger partial charge in [0.1, 0.15) is 5.69 Å². The highest BCUT2D eigenvalue weighted by Gasteiger charge is 2.34. The second-order valence-electron chi connectivity index (χ2n) is 8.62. The average molecular weight is 554 g/mol. The third kappa shape index (κ3) is 5.51. The molecule has 0 unspecified atom stereocenters. The summed E-state index contributed by atoms with van der Waals surface area (Å²) in [6, 6.07) is 10.7. The van der Waals surface area contributed by atoms with Gasteiger partial charge in [0.25, 0.3) is 5.91 Å². The molecule has 0 fully saturated rings. The van der Waals surface area contributed by atoms with Crippen LogP contribution in [0.25, 0.3) is 11.3 Å². The van der Waals surface area contributed by atoms with Crippen molar-refractivity contribution in [3.8, 4) is 17.5 Å². The maximum absolute atomic E-state index is 13.6. The van der Waals surface area contributed by atoms with Crippen LogP contribution in [0.4, 0.5) is 32.0 Å². The van der Waals surface area contributed by atoms with Crippen LogP contribution in [0.1, 0.15) is 38.4 Å². The van der Waals surface area contributed by atoms with Gasteiger partial charge in [-0.3, -0.25) is 4.79 Å². The van der Waals surface area contributed by atoms with E-state index < -0.39 is 29.5 Å². The molecular formula is C27H16F6N6O. The number of alkyl halides is 6. The number of carbonyl (C=O) groups is 1. The molecule has 0 bridgehead atoms. The van der Waals surface area contributed by atoms with Crippen molar-refractivity contribution in [1.82, 2.24) is 24.1 Å². The molecule has 202 valence electrons. The highest BCUT2D eigenvalue weighted by molar-refractivity contribution is 6.06. The van der Waals surface area contributed by atoms with Crippen LogP contribution in [0.3, 0.4) is 0 Å². The summed E-state index contributed by atoms with van der Waals surface area (Å²) >= 11 is 0. The van der Waals surface area contributed by atoms with Crippen LogP contribution < -0.4 is 5.32 Å². The molecule has 5 rings (SSSR count). The van der Waals surface area contributed by atoms with E-state index in [0.29, 0.717) is 35.2 Å². The predicted molar refractivity (Wildman–Crippen MR) is 132 cm³/mol. The molecular weight excluding hydrogens is 538 g/mol. The number of rotatable bonds is 3. The number of halogens is 6. The van der Waals surface area contributed by atoms with Crippen molar-refractivity contribution < 1.29 is 31.1 Å². The van der Waals surface area contributed by atoms with Gasteiger partial charge in [-0.1, -0.05) is 12.0 Å². The number of hydrogen-bond acceptors (Lipinski definition) is 4. The van der Waals surface area contributed by atoms with E-state index >= 15 is 0 Å². The van der Waals surface area contributed by atoms with Gasteiger partial charge in [0.05, 0.1) is 23.7 Å². The Balaban J connectivity index is 1.50. The van der Waals surface area contributed by atoms with Gasteiger partial charge in [-0.05, 0) is 60.9 Å². The monoisotopic (exact) mass is 554 g/mol.